The van der Waals surface area contributed by atoms with Gasteiger partial charge in [-0.1, -0.05) is 23.2 Å². The van der Waals surface area contributed by atoms with Crippen molar-refractivity contribution >= 4 is 45.1 Å². The lowest BCUT2D eigenvalue weighted by Gasteiger charge is -2.35. The van der Waals surface area contributed by atoms with Crippen LogP contribution < -0.4 is 5.14 Å². The lowest BCUT2D eigenvalue weighted by atomic mass is 10.2. The van der Waals surface area contributed by atoms with Crippen LogP contribution in [0.1, 0.15) is 24.2 Å². The highest BCUT2D eigenvalue weighted by atomic mass is 35.5. The molecule has 11 heteroatoms. The van der Waals surface area contributed by atoms with Gasteiger partial charge in [0.25, 0.3) is 5.91 Å². The summed E-state index contributed by atoms with van der Waals surface area (Å²) in [5.41, 5.74) is -0.253. The Bertz CT molecular complexity index is 820. The topological polar surface area (TPSA) is 116 Å². The largest absolute Gasteiger partial charge is 0.452 e. The molecular formula is C15H18Cl2N2O6S. The molecule has 2 N–H and O–H groups in total. The third-order valence-corrected chi connectivity index (χ3v) is 5.34. The molecule has 1 aliphatic heterocycles. The van der Waals surface area contributed by atoms with E-state index < -0.39 is 33.4 Å². The molecule has 1 fully saturated rings. The molecule has 1 saturated heterocycles. The van der Waals surface area contributed by atoms with Gasteiger partial charge in [0.2, 0.25) is 10.0 Å². The van der Waals surface area contributed by atoms with Crippen LogP contribution in [0, 0.1) is 0 Å². The third-order valence-electron chi connectivity index (χ3n) is 3.65. The van der Waals surface area contributed by atoms with E-state index in [4.69, 9.17) is 37.8 Å². The first kappa shape index (κ1) is 20.9. The van der Waals surface area contributed by atoms with E-state index in [9.17, 15) is 18.0 Å². The Balaban J connectivity index is 2.09. The van der Waals surface area contributed by atoms with Gasteiger partial charge in [0.05, 0.1) is 27.8 Å². The summed E-state index contributed by atoms with van der Waals surface area (Å²) in [6.07, 6.45) is -0.247. The van der Waals surface area contributed by atoms with Crippen molar-refractivity contribution < 1.29 is 27.5 Å². The Morgan fingerprint density at radius 1 is 1.23 bits per heavy atom. The molecule has 8 nitrogen and oxygen atoms in total. The summed E-state index contributed by atoms with van der Waals surface area (Å²) in [4.78, 5) is 25.5. The number of benzene rings is 1. The maximum atomic E-state index is 12.2. The van der Waals surface area contributed by atoms with Crippen molar-refractivity contribution in [2.24, 2.45) is 5.14 Å². The summed E-state index contributed by atoms with van der Waals surface area (Å²) in [7, 11) is -4.15. The Morgan fingerprint density at radius 3 is 2.35 bits per heavy atom. The molecule has 0 aromatic heterocycles. The molecule has 26 heavy (non-hydrogen) atoms. The SMILES string of the molecule is C[C@H]1CN(C(=O)COC(=O)c2cc(S(N)(=O)=O)c(Cl)cc2Cl)C[C@H](C)O1. The van der Waals surface area contributed by atoms with E-state index in [2.05, 4.69) is 0 Å². The van der Waals surface area contributed by atoms with Gasteiger partial charge in [-0.05, 0) is 26.0 Å². The smallest absolute Gasteiger partial charge is 0.340 e. The summed E-state index contributed by atoms with van der Waals surface area (Å²) in [6, 6.07) is 2.00. The Morgan fingerprint density at radius 2 is 1.81 bits per heavy atom. The number of primary sulfonamides is 1. The number of esters is 1. The van der Waals surface area contributed by atoms with Crippen LogP contribution in [-0.4, -0.2) is 57.1 Å². The zero-order chi connectivity index (χ0) is 19.6. The number of amides is 1. The standard InChI is InChI=1S/C15H18Cl2N2O6S/c1-8-5-19(6-9(2)25-8)14(20)7-24-15(21)10-3-13(26(18,22)23)12(17)4-11(10)16/h3-4,8-9H,5-7H2,1-2H3,(H2,18,22,23)/t8-,9-/m0/s1. The van der Waals surface area contributed by atoms with Crippen molar-refractivity contribution in [1.29, 1.82) is 0 Å². The zero-order valence-corrected chi connectivity index (χ0v) is 16.4. The van der Waals surface area contributed by atoms with Gasteiger partial charge in [-0.3, -0.25) is 4.79 Å². The van der Waals surface area contributed by atoms with Gasteiger partial charge >= 0.3 is 5.97 Å². The maximum Gasteiger partial charge on any atom is 0.340 e. The molecule has 2 rings (SSSR count). The molecule has 0 spiro atoms. The number of morpholine rings is 1. The molecule has 1 aromatic carbocycles. The molecule has 1 aromatic rings. The number of halogens is 2. The highest BCUT2D eigenvalue weighted by Gasteiger charge is 2.27. The third kappa shape index (κ3) is 5.08. The molecule has 0 saturated carbocycles. The van der Waals surface area contributed by atoms with Crippen molar-refractivity contribution in [3.63, 3.8) is 0 Å². The highest BCUT2D eigenvalue weighted by Crippen LogP contribution is 2.28. The van der Waals surface area contributed by atoms with E-state index in [0.717, 1.165) is 12.1 Å². The average Bonchev–Trinajstić information content (AvgIpc) is 2.50. The Labute approximate surface area is 161 Å². The normalized spacial score (nSPS) is 20.7. The van der Waals surface area contributed by atoms with Crippen LogP contribution in [0.3, 0.4) is 0 Å². The molecule has 144 valence electrons. The fourth-order valence-corrected chi connectivity index (χ4v) is 3.98. The fraction of sp³-hybridized carbons (Fsp3) is 0.467. The van der Waals surface area contributed by atoms with E-state index in [-0.39, 0.29) is 27.8 Å². The second kappa shape index (κ2) is 8.10. The molecule has 0 radical (unpaired) electrons. The van der Waals surface area contributed by atoms with Crippen LogP contribution in [0.2, 0.25) is 10.0 Å². The van der Waals surface area contributed by atoms with Crippen LogP contribution in [0.15, 0.2) is 17.0 Å². The lowest BCUT2D eigenvalue weighted by molar-refractivity contribution is -0.146. The van der Waals surface area contributed by atoms with Gasteiger partial charge in [-0.2, -0.15) is 0 Å². The van der Waals surface area contributed by atoms with Crippen molar-refractivity contribution in [1.82, 2.24) is 4.90 Å². The monoisotopic (exact) mass is 424 g/mol. The van der Waals surface area contributed by atoms with E-state index in [0.29, 0.717) is 13.1 Å². The van der Waals surface area contributed by atoms with E-state index in [1.807, 2.05) is 13.8 Å². The second-order valence-corrected chi connectivity index (χ2v) is 8.28. The maximum absolute atomic E-state index is 12.2. The van der Waals surface area contributed by atoms with Gasteiger partial charge in [0.1, 0.15) is 4.90 Å². The zero-order valence-electron chi connectivity index (χ0n) is 14.1. The van der Waals surface area contributed by atoms with Crippen molar-refractivity contribution in [2.45, 2.75) is 31.0 Å². The Kier molecular flexibility index (Phi) is 6.51. The summed E-state index contributed by atoms with van der Waals surface area (Å²) in [5, 5.41) is 4.70. The van der Waals surface area contributed by atoms with Crippen molar-refractivity contribution in [3.05, 3.63) is 27.7 Å². The molecule has 0 aliphatic carbocycles. The summed E-state index contributed by atoms with van der Waals surface area (Å²) in [5.74, 6) is -1.35. The van der Waals surface area contributed by atoms with E-state index in [1.54, 1.807) is 0 Å². The van der Waals surface area contributed by atoms with E-state index >= 15 is 0 Å². The molecular weight excluding hydrogens is 407 g/mol. The van der Waals surface area contributed by atoms with Crippen molar-refractivity contribution in [3.8, 4) is 0 Å². The van der Waals surface area contributed by atoms with Gasteiger partial charge < -0.3 is 14.4 Å². The van der Waals surface area contributed by atoms with Crippen LogP contribution in [0.4, 0.5) is 0 Å². The predicted molar refractivity (Wildman–Crippen MR) is 94.7 cm³/mol. The van der Waals surface area contributed by atoms with Gasteiger partial charge in [-0.25, -0.2) is 18.4 Å². The van der Waals surface area contributed by atoms with Crippen LogP contribution in [-0.2, 0) is 24.3 Å². The molecule has 1 heterocycles. The first-order chi connectivity index (χ1) is 12.0. The number of nitrogens with two attached hydrogens (primary N) is 1. The molecule has 0 bridgehead atoms. The minimum atomic E-state index is -4.15. The highest BCUT2D eigenvalue weighted by molar-refractivity contribution is 7.89. The first-order valence-corrected chi connectivity index (χ1v) is 9.91. The van der Waals surface area contributed by atoms with Crippen LogP contribution >= 0.6 is 23.2 Å². The number of ether oxygens (including phenoxy) is 2. The van der Waals surface area contributed by atoms with Gasteiger partial charge in [-0.15, -0.1) is 0 Å². The predicted octanol–water partition coefficient (Wildman–Crippen LogP) is 1.43. The van der Waals surface area contributed by atoms with Gasteiger partial charge in [0.15, 0.2) is 6.61 Å². The first-order valence-electron chi connectivity index (χ1n) is 7.61. The number of nitrogens with zero attached hydrogens (tertiary/aromatic N) is 1. The minimum Gasteiger partial charge on any atom is -0.452 e. The summed E-state index contributed by atoms with van der Waals surface area (Å²) < 4.78 is 33.5. The fourth-order valence-electron chi connectivity index (χ4n) is 2.58. The summed E-state index contributed by atoms with van der Waals surface area (Å²) >= 11 is 11.7. The number of hydrogen-bond acceptors (Lipinski definition) is 6. The van der Waals surface area contributed by atoms with Crippen LogP contribution in [0.25, 0.3) is 0 Å². The number of carbonyl (C=O) groups is 2. The molecule has 0 unspecified atom stereocenters. The molecule has 2 atom stereocenters. The average molecular weight is 425 g/mol. The quantitative estimate of drug-likeness (QED) is 0.730. The molecule has 1 aliphatic rings. The number of hydrogen-bond donors (Lipinski definition) is 1. The van der Waals surface area contributed by atoms with E-state index in [1.165, 1.54) is 4.90 Å². The number of sulfonamides is 1. The minimum absolute atomic E-state index is 0.117. The second-order valence-electron chi connectivity index (χ2n) is 5.94. The number of carbonyl (C=O) groups excluding carboxylic acids is 2. The van der Waals surface area contributed by atoms with Crippen LogP contribution in [0.5, 0.6) is 0 Å². The molecule has 1 amide bonds. The lowest BCUT2D eigenvalue weighted by Crippen LogP contribution is -2.49. The Hall–Kier alpha value is -1.39. The number of rotatable bonds is 4. The van der Waals surface area contributed by atoms with Gasteiger partial charge in [0, 0.05) is 13.1 Å². The van der Waals surface area contributed by atoms with Crippen molar-refractivity contribution in [2.75, 3.05) is 19.7 Å². The summed E-state index contributed by atoms with van der Waals surface area (Å²) in [6.45, 7) is 3.94.